The topological polar surface area (TPSA) is 102 Å². The fourth-order valence-electron chi connectivity index (χ4n) is 1.89. The number of hydrogen-bond donors (Lipinski definition) is 2. The van der Waals surface area contributed by atoms with E-state index in [0.717, 1.165) is 0 Å². The van der Waals surface area contributed by atoms with Gasteiger partial charge >= 0.3 is 11.9 Å². The molecule has 0 amide bonds. The normalized spacial score (nSPS) is 13.9. The van der Waals surface area contributed by atoms with Crippen LogP contribution in [0.5, 0.6) is 17.2 Å². The molecule has 0 saturated carbocycles. The lowest BCUT2D eigenvalue weighted by Crippen LogP contribution is -2.16. The average molecular weight is 268 g/mol. The van der Waals surface area contributed by atoms with Gasteiger partial charge in [-0.3, -0.25) is 9.59 Å². The molecule has 1 unspecified atom stereocenters. The van der Waals surface area contributed by atoms with Crippen molar-refractivity contribution in [3.8, 4) is 17.2 Å². The Bertz CT molecular complexity index is 523. The van der Waals surface area contributed by atoms with E-state index in [1.54, 1.807) is 0 Å². The maximum atomic E-state index is 11.2. The van der Waals surface area contributed by atoms with Gasteiger partial charge in [-0.1, -0.05) is 0 Å². The minimum Gasteiger partial charge on any atom is -0.496 e. The zero-order valence-corrected chi connectivity index (χ0v) is 10.1. The molecule has 0 saturated heterocycles. The summed E-state index contributed by atoms with van der Waals surface area (Å²) < 4.78 is 15.4. The van der Waals surface area contributed by atoms with Crippen LogP contribution in [0.15, 0.2) is 12.1 Å². The Kier molecular flexibility index (Phi) is 3.46. The Morgan fingerprint density at radius 1 is 1.32 bits per heavy atom. The molecular weight excluding hydrogens is 256 g/mol. The summed E-state index contributed by atoms with van der Waals surface area (Å²) >= 11 is 0. The van der Waals surface area contributed by atoms with Gasteiger partial charge in [0.25, 0.3) is 0 Å². The molecule has 1 atom stereocenters. The van der Waals surface area contributed by atoms with Gasteiger partial charge < -0.3 is 24.4 Å². The van der Waals surface area contributed by atoms with Crippen molar-refractivity contribution in [1.29, 1.82) is 0 Å². The van der Waals surface area contributed by atoms with Gasteiger partial charge in [-0.2, -0.15) is 0 Å². The number of hydrogen-bond acceptors (Lipinski definition) is 5. The largest absolute Gasteiger partial charge is 0.496 e. The molecule has 1 heterocycles. The SMILES string of the molecule is COc1cc2c(cc1C(CC(=O)O)C(=O)O)OCO2. The second kappa shape index (κ2) is 5.05. The molecule has 0 bridgehead atoms. The fraction of sp³-hybridized carbons (Fsp3) is 0.333. The number of carboxylic acids is 2. The van der Waals surface area contributed by atoms with Gasteiger partial charge in [0.2, 0.25) is 6.79 Å². The third kappa shape index (κ3) is 2.54. The molecule has 7 nitrogen and oxygen atoms in total. The first kappa shape index (κ1) is 13.0. The average Bonchev–Trinajstić information content (AvgIpc) is 2.80. The van der Waals surface area contributed by atoms with Crippen LogP contribution in [0.4, 0.5) is 0 Å². The summed E-state index contributed by atoms with van der Waals surface area (Å²) in [6.45, 7) is 0.0403. The number of ether oxygens (including phenoxy) is 3. The summed E-state index contributed by atoms with van der Waals surface area (Å²) in [5.74, 6) is -2.56. The summed E-state index contributed by atoms with van der Waals surface area (Å²) in [6.07, 6.45) is -0.536. The lowest BCUT2D eigenvalue weighted by Gasteiger charge is -2.15. The van der Waals surface area contributed by atoms with Crippen molar-refractivity contribution in [2.75, 3.05) is 13.9 Å². The minimum absolute atomic E-state index is 0.0403. The first-order valence-electron chi connectivity index (χ1n) is 5.45. The molecule has 0 aromatic heterocycles. The van der Waals surface area contributed by atoms with Gasteiger partial charge in [0.15, 0.2) is 11.5 Å². The van der Waals surface area contributed by atoms with E-state index >= 15 is 0 Å². The van der Waals surface area contributed by atoms with Gasteiger partial charge in [0, 0.05) is 11.6 Å². The second-order valence-corrected chi connectivity index (χ2v) is 3.94. The highest BCUT2D eigenvalue weighted by molar-refractivity contribution is 5.83. The van der Waals surface area contributed by atoms with Crippen LogP contribution >= 0.6 is 0 Å². The number of methoxy groups -OCH3 is 1. The van der Waals surface area contributed by atoms with Crippen molar-refractivity contribution in [3.63, 3.8) is 0 Å². The van der Waals surface area contributed by atoms with E-state index in [4.69, 9.17) is 24.4 Å². The molecule has 0 fully saturated rings. The monoisotopic (exact) mass is 268 g/mol. The molecular formula is C12H12O7. The Hall–Kier alpha value is -2.44. The van der Waals surface area contributed by atoms with Crippen LogP contribution < -0.4 is 14.2 Å². The van der Waals surface area contributed by atoms with Crippen LogP contribution in [-0.4, -0.2) is 36.1 Å². The minimum atomic E-state index is -1.24. The molecule has 1 aromatic rings. The first-order valence-corrected chi connectivity index (χ1v) is 5.45. The number of fused-ring (bicyclic) bond motifs is 1. The van der Waals surface area contributed by atoms with Crippen molar-refractivity contribution >= 4 is 11.9 Å². The predicted octanol–water partition coefficient (Wildman–Crippen LogP) is 1.07. The molecule has 0 spiro atoms. The summed E-state index contributed by atoms with van der Waals surface area (Å²) in [5, 5.41) is 17.9. The number of carboxylic acid groups (broad SMARTS) is 2. The van der Waals surface area contributed by atoms with E-state index in [1.807, 2.05) is 0 Å². The Labute approximate surface area is 108 Å². The zero-order valence-electron chi connectivity index (χ0n) is 10.1. The van der Waals surface area contributed by atoms with Crippen LogP contribution in [0.25, 0.3) is 0 Å². The third-order valence-electron chi connectivity index (χ3n) is 2.78. The van der Waals surface area contributed by atoms with Crippen molar-refractivity contribution in [2.24, 2.45) is 0 Å². The summed E-state index contributed by atoms with van der Waals surface area (Å²) in [6, 6.07) is 2.94. The summed E-state index contributed by atoms with van der Waals surface area (Å²) in [4.78, 5) is 22.0. The number of carbonyl (C=O) groups is 2. The summed E-state index contributed by atoms with van der Waals surface area (Å²) in [5.41, 5.74) is 0.252. The highest BCUT2D eigenvalue weighted by atomic mass is 16.7. The van der Waals surface area contributed by atoms with Gasteiger partial charge in [0.05, 0.1) is 19.4 Å². The van der Waals surface area contributed by atoms with Crippen molar-refractivity contribution in [1.82, 2.24) is 0 Å². The Morgan fingerprint density at radius 2 is 1.95 bits per heavy atom. The summed E-state index contributed by atoms with van der Waals surface area (Å²) in [7, 11) is 1.38. The predicted molar refractivity (Wildman–Crippen MR) is 61.7 cm³/mol. The maximum Gasteiger partial charge on any atom is 0.311 e. The highest BCUT2D eigenvalue weighted by Gasteiger charge is 2.29. The van der Waals surface area contributed by atoms with Crippen LogP contribution in [0.3, 0.4) is 0 Å². The zero-order chi connectivity index (χ0) is 14.0. The molecule has 7 heteroatoms. The highest BCUT2D eigenvalue weighted by Crippen LogP contribution is 2.41. The standard InChI is InChI=1S/C12H12O7/c1-17-8-4-10-9(18-5-19-10)2-6(8)7(12(15)16)3-11(13)14/h2,4,7H,3,5H2,1H3,(H,13,14)(H,15,16). The Balaban J connectivity index is 2.46. The molecule has 1 aromatic carbocycles. The molecule has 1 aliphatic rings. The van der Waals surface area contributed by atoms with Crippen LogP contribution in [0, 0.1) is 0 Å². The Morgan fingerprint density at radius 3 is 2.47 bits per heavy atom. The van der Waals surface area contributed by atoms with E-state index in [2.05, 4.69) is 0 Å². The van der Waals surface area contributed by atoms with E-state index in [-0.39, 0.29) is 18.1 Å². The van der Waals surface area contributed by atoms with E-state index in [9.17, 15) is 9.59 Å². The smallest absolute Gasteiger partial charge is 0.311 e. The van der Waals surface area contributed by atoms with Gasteiger partial charge in [-0.15, -0.1) is 0 Å². The van der Waals surface area contributed by atoms with Crippen LogP contribution in [0.2, 0.25) is 0 Å². The molecule has 19 heavy (non-hydrogen) atoms. The van der Waals surface area contributed by atoms with Crippen molar-refractivity contribution < 1.29 is 34.0 Å². The van der Waals surface area contributed by atoms with Crippen LogP contribution in [-0.2, 0) is 9.59 Å². The maximum absolute atomic E-state index is 11.2. The lowest BCUT2D eigenvalue weighted by atomic mass is 9.94. The van der Waals surface area contributed by atoms with E-state index < -0.39 is 24.3 Å². The van der Waals surface area contributed by atoms with E-state index in [0.29, 0.717) is 11.5 Å². The number of aliphatic carboxylic acids is 2. The third-order valence-corrected chi connectivity index (χ3v) is 2.78. The first-order chi connectivity index (χ1) is 9.02. The molecule has 2 N–H and O–H groups in total. The fourth-order valence-corrected chi connectivity index (χ4v) is 1.89. The lowest BCUT2D eigenvalue weighted by molar-refractivity contribution is -0.145. The second-order valence-electron chi connectivity index (χ2n) is 3.94. The molecule has 0 radical (unpaired) electrons. The van der Waals surface area contributed by atoms with Gasteiger partial charge in [-0.25, -0.2) is 0 Å². The molecule has 0 aliphatic carbocycles. The van der Waals surface area contributed by atoms with Crippen molar-refractivity contribution in [2.45, 2.75) is 12.3 Å². The van der Waals surface area contributed by atoms with Crippen molar-refractivity contribution in [3.05, 3.63) is 17.7 Å². The number of rotatable bonds is 5. The van der Waals surface area contributed by atoms with Gasteiger partial charge in [-0.05, 0) is 6.07 Å². The van der Waals surface area contributed by atoms with Gasteiger partial charge in [0.1, 0.15) is 5.75 Å². The number of benzene rings is 1. The molecule has 2 rings (SSSR count). The molecule has 1 aliphatic heterocycles. The van der Waals surface area contributed by atoms with Crippen LogP contribution in [0.1, 0.15) is 17.9 Å². The quantitative estimate of drug-likeness (QED) is 0.823. The molecule has 102 valence electrons. The van der Waals surface area contributed by atoms with E-state index in [1.165, 1.54) is 19.2 Å².